The minimum Gasteiger partial charge on any atom is -0.477 e. The van der Waals surface area contributed by atoms with Gasteiger partial charge in [0, 0.05) is 29.2 Å². The number of oxime groups is 1. The second kappa shape index (κ2) is 8.75. The molecule has 13 heteroatoms. The molecule has 2 atom stereocenters. The fraction of sp³-hybridized carbons (Fsp3) is 0.353. The number of carboxylic acid groups (broad SMARTS) is 1. The van der Waals surface area contributed by atoms with Gasteiger partial charge in [-0.2, -0.15) is 0 Å². The molecular formula is C17H18N4O7S2. The summed E-state index contributed by atoms with van der Waals surface area (Å²) in [4.78, 5) is 53.9. The van der Waals surface area contributed by atoms with Gasteiger partial charge in [0.05, 0.1) is 5.00 Å². The predicted octanol–water partition coefficient (Wildman–Crippen LogP) is -0.0175. The van der Waals surface area contributed by atoms with Crippen LogP contribution >= 0.6 is 23.1 Å². The van der Waals surface area contributed by atoms with Gasteiger partial charge in [-0.25, -0.2) is 4.79 Å². The zero-order valence-electron chi connectivity index (χ0n) is 15.9. The Kier molecular flexibility index (Phi) is 6.31. The van der Waals surface area contributed by atoms with E-state index < -0.39 is 35.2 Å². The van der Waals surface area contributed by atoms with Crippen LogP contribution < -0.4 is 11.1 Å². The molecule has 30 heavy (non-hydrogen) atoms. The van der Waals surface area contributed by atoms with Crippen molar-refractivity contribution in [1.29, 1.82) is 0 Å². The van der Waals surface area contributed by atoms with Crippen LogP contribution in [0.5, 0.6) is 0 Å². The van der Waals surface area contributed by atoms with Crippen molar-refractivity contribution in [2.45, 2.75) is 18.3 Å². The molecular weight excluding hydrogens is 436 g/mol. The first kappa shape index (κ1) is 21.6. The maximum Gasteiger partial charge on any atom is 0.352 e. The maximum absolute atomic E-state index is 12.7. The summed E-state index contributed by atoms with van der Waals surface area (Å²) in [5.74, 6) is -2.87. The van der Waals surface area contributed by atoms with E-state index in [0.717, 1.165) is 4.90 Å². The minimum absolute atomic E-state index is 0.0537. The van der Waals surface area contributed by atoms with Gasteiger partial charge in [0.2, 0.25) is 0 Å². The number of carbonyl (C=O) groups excluding carboxylic acids is 3. The van der Waals surface area contributed by atoms with Crippen molar-refractivity contribution < 1.29 is 33.9 Å². The van der Waals surface area contributed by atoms with Crippen LogP contribution in [-0.2, 0) is 28.8 Å². The van der Waals surface area contributed by atoms with Gasteiger partial charge in [0.1, 0.15) is 30.8 Å². The molecule has 3 heterocycles. The fourth-order valence-corrected chi connectivity index (χ4v) is 4.95. The van der Waals surface area contributed by atoms with Crippen molar-refractivity contribution in [1.82, 2.24) is 10.2 Å². The molecule has 0 saturated carbocycles. The van der Waals surface area contributed by atoms with Crippen molar-refractivity contribution in [2.75, 3.05) is 25.2 Å². The quantitative estimate of drug-likeness (QED) is 0.223. The van der Waals surface area contributed by atoms with Gasteiger partial charge in [0.25, 0.3) is 11.8 Å². The van der Waals surface area contributed by atoms with Crippen LogP contribution in [0.25, 0.3) is 0 Å². The second-order valence-electron chi connectivity index (χ2n) is 6.26. The number of anilines is 1. The lowest BCUT2D eigenvalue weighted by Crippen LogP contribution is -2.71. The molecule has 11 nitrogen and oxygen atoms in total. The Balaban J connectivity index is 1.77. The average molecular weight is 454 g/mol. The van der Waals surface area contributed by atoms with Crippen LogP contribution in [0.3, 0.4) is 0 Å². The number of amides is 2. The number of thiophene rings is 1. The van der Waals surface area contributed by atoms with Gasteiger partial charge in [-0.05, 0) is 6.07 Å². The number of aliphatic carboxylic acids is 1. The number of carbonyl (C=O) groups is 4. The Labute approximate surface area is 178 Å². The third kappa shape index (κ3) is 4.11. The van der Waals surface area contributed by atoms with Crippen LogP contribution in [0.2, 0.25) is 0 Å². The smallest absolute Gasteiger partial charge is 0.352 e. The Hall–Kier alpha value is -3.06. The molecule has 1 aromatic rings. The summed E-state index contributed by atoms with van der Waals surface area (Å²) >= 11 is 2.48. The highest BCUT2D eigenvalue weighted by atomic mass is 32.2. The van der Waals surface area contributed by atoms with Crippen molar-refractivity contribution in [3.63, 3.8) is 0 Å². The minimum atomic E-state index is -1.31. The molecule has 3 rings (SSSR count). The Morgan fingerprint density at radius 3 is 2.73 bits per heavy atom. The van der Waals surface area contributed by atoms with Gasteiger partial charge < -0.3 is 25.7 Å². The number of nitrogen functional groups attached to an aromatic ring is 1. The van der Waals surface area contributed by atoms with Crippen molar-refractivity contribution in [3.05, 3.63) is 28.3 Å². The zero-order valence-corrected chi connectivity index (χ0v) is 17.5. The molecule has 0 radical (unpaired) electrons. The highest BCUT2D eigenvalue weighted by molar-refractivity contribution is 8.00. The first-order chi connectivity index (χ1) is 14.2. The van der Waals surface area contributed by atoms with E-state index in [1.165, 1.54) is 37.1 Å². The molecule has 0 aromatic carbocycles. The van der Waals surface area contributed by atoms with Crippen LogP contribution in [0.15, 0.2) is 27.9 Å². The van der Waals surface area contributed by atoms with Crippen molar-refractivity contribution >= 4 is 57.6 Å². The first-order valence-electron chi connectivity index (χ1n) is 8.54. The normalized spacial score (nSPS) is 20.9. The standard InChI is InChI=1S/C17H18N4O7S2/c1-7(22)28-4-9-6-30-16-12(15(24)21(16)13(9)17(25)26)19-14(23)11(20-27-2)8-3-10(18)29-5-8/h3,5,12,16H,4,6,18H2,1-2H3,(H,19,23)(H,25,26)/b20-11-/t12-,16-/m0/s1. The summed E-state index contributed by atoms with van der Waals surface area (Å²) in [6.45, 7) is 0.988. The summed E-state index contributed by atoms with van der Waals surface area (Å²) in [6, 6.07) is 0.615. The number of hydrogen-bond acceptors (Lipinski definition) is 10. The van der Waals surface area contributed by atoms with E-state index in [1.54, 1.807) is 11.4 Å². The lowest BCUT2D eigenvalue weighted by atomic mass is 10.0. The van der Waals surface area contributed by atoms with E-state index >= 15 is 0 Å². The number of fused-ring (bicyclic) bond motifs is 1. The van der Waals surface area contributed by atoms with Crippen LogP contribution in [-0.4, -0.2) is 70.4 Å². The number of nitrogens with two attached hydrogens (primary N) is 1. The molecule has 4 N–H and O–H groups in total. The highest BCUT2D eigenvalue weighted by Gasteiger charge is 2.54. The van der Waals surface area contributed by atoms with Gasteiger partial charge in [-0.1, -0.05) is 5.16 Å². The third-order valence-corrected chi connectivity index (χ3v) is 6.38. The summed E-state index contributed by atoms with van der Waals surface area (Å²) < 4.78 is 4.89. The Morgan fingerprint density at radius 1 is 1.43 bits per heavy atom. The number of ether oxygens (including phenoxy) is 1. The third-order valence-electron chi connectivity index (χ3n) is 4.28. The lowest BCUT2D eigenvalue weighted by molar-refractivity contribution is -0.150. The Morgan fingerprint density at radius 2 is 2.17 bits per heavy atom. The number of β-lactam (4-membered cyclic amide) rings is 1. The molecule has 2 aliphatic heterocycles. The molecule has 2 amide bonds. The highest BCUT2D eigenvalue weighted by Crippen LogP contribution is 2.40. The van der Waals surface area contributed by atoms with Gasteiger partial charge in [-0.15, -0.1) is 23.1 Å². The van der Waals surface area contributed by atoms with Crippen molar-refractivity contribution in [3.8, 4) is 0 Å². The Bertz CT molecular complexity index is 971. The predicted molar refractivity (Wildman–Crippen MR) is 109 cm³/mol. The summed E-state index contributed by atoms with van der Waals surface area (Å²) in [7, 11) is 1.28. The second-order valence-corrected chi connectivity index (χ2v) is 8.31. The molecule has 1 fully saturated rings. The monoisotopic (exact) mass is 454 g/mol. The molecule has 1 saturated heterocycles. The van der Waals surface area contributed by atoms with E-state index in [-0.39, 0.29) is 23.8 Å². The summed E-state index contributed by atoms with van der Waals surface area (Å²) in [5.41, 5.74) is 6.16. The number of thioether (sulfide) groups is 1. The van der Waals surface area contributed by atoms with E-state index in [0.29, 0.717) is 16.1 Å². The molecule has 1 aromatic heterocycles. The van der Waals surface area contributed by atoms with Gasteiger partial charge in [-0.3, -0.25) is 19.3 Å². The largest absolute Gasteiger partial charge is 0.477 e. The fourth-order valence-electron chi connectivity index (χ4n) is 2.99. The van der Waals surface area contributed by atoms with Crippen molar-refractivity contribution in [2.24, 2.45) is 5.16 Å². The summed E-state index contributed by atoms with van der Waals surface area (Å²) in [5, 5.41) is 17.4. The van der Waals surface area contributed by atoms with Gasteiger partial charge >= 0.3 is 11.9 Å². The number of rotatable bonds is 7. The van der Waals surface area contributed by atoms with Crippen LogP contribution in [0, 0.1) is 0 Å². The van der Waals surface area contributed by atoms with E-state index in [9.17, 15) is 24.3 Å². The van der Waals surface area contributed by atoms with Crippen LogP contribution in [0.4, 0.5) is 5.00 Å². The van der Waals surface area contributed by atoms with Crippen LogP contribution in [0.1, 0.15) is 12.5 Å². The van der Waals surface area contributed by atoms with E-state index in [4.69, 9.17) is 15.3 Å². The van der Waals surface area contributed by atoms with Gasteiger partial charge in [0.15, 0.2) is 5.71 Å². The molecule has 2 aliphatic rings. The zero-order chi connectivity index (χ0) is 22.0. The molecule has 0 unspecified atom stereocenters. The SMILES string of the molecule is CO/N=C(\C(=O)N[C@H]1C(=O)N2C(C(=O)O)=C(COC(C)=O)CS[C@@H]12)c1csc(N)c1. The number of nitrogens with zero attached hydrogens (tertiary/aromatic N) is 2. The van der Waals surface area contributed by atoms with E-state index in [2.05, 4.69) is 10.5 Å². The topological polar surface area (TPSA) is 161 Å². The average Bonchev–Trinajstić information content (AvgIpc) is 3.13. The number of nitrogens with one attached hydrogen (secondary N) is 1. The summed E-state index contributed by atoms with van der Waals surface area (Å²) in [6.07, 6.45) is 0. The van der Waals surface area contributed by atoms with E-state index in [1.807, 2.05) is 0 Å². The maximum atomic E-state index is 12.7. The number of carboxylic acids is 1. The lowest BCUT2D eigenvalue weighted by Gasteiger charge is -2.49. The molecule has 0 bridgehead atoms. The first-order valence-corrected chi connectivity index (χ1v) is 10.5. The molecule has 0 spiro atoms. The molecule has 0 aliphatic carbocycles. The molecule has 160 valence electrons. The number of esters is 1. The number of hydrogen-bond donors (Lipinski definition) is 3.